The summed E-state index contributed by atoms with van der Waals surface area (Å²) in [5.74, 6) is 0.0547. The third kappa shape index (κ3) is 4.84. The first-order chi connectivity index (χ1) is 12.6. The summed E-state index contributed by atoms with van der Waals surface area (Å²) in [4.78, 5) is 12.1. The van der Waals surface area contributed by atoms with E-state index < -0.39 is 0 Å². The van der Waals surface area contributed by atoms with Crippen molar-refractivity contribution in [1.29, 1.82) is 0 Å². The van der Waals surface area contributed by atoms with Crippen LogP contribution in [0, 0.1) is 0 Å². The first kappa shape index (κ1) is 18.4. The Bertz CT molecular complexity index is 889. The fourth-order valence-electron chi connectivity index (χ4n) is 3.17. The molecule has 26 heavy (non-hydrogen) atoms. The Hall–Kier alpha value is -2.36. The molecule has 0 fully saturated rings. The maximum atomic E-state index is 12.1. The van der Waals surface area contributed by atoms with Crippen LogP contribution in [0.4, 0.5) is 0 Å². The average Bonchev–Trinajstić information content (AvgIpc) is 2.66. The van der Waals surface area contributed by atoms with Crippen LogP contribution in [0.25, 0.3) is 10.8 Å². The zero-order valence-corrected chi connectivity index (χ0v) is 15.7. The van der Waals surface area contributed by atoms with Gasteiger partial charge in [0.1, 0.15) is 6.04 Å². The number of halogens is 1. The molecule has 0 saturated carbocycles. The topological polar surface area (TPSA) is 45.7 Å². The first-order valence-electron chi connectivity index (χ1n) is 8.95. The second kappa shape index (κ2) is 8.84. The molecule has 0 aliphatic carbocycles. The maximum absolute atomic E-state index is 12.1. The summed E-state index contributed by atoms with van der Waals surface area (Å²) < 4.78 is 0. The van der Waals surface area contributed by atoms with Gasteiger partial charge in [0.25, 0.3) is 5.91 Å². The predicted octanol–water partition coefficient (Wildman–Crippen LogP) is 3.48. The van der Waals surface area contributed by atoms with Gasteiger partial charge in [-0.15, -0.1) is 0 Å². The molecule has 0 spiro atoms. The number of carbonyl (C=O) groups excluding carboxylic acids is 1. The van der Waals surface area contributed by atoms with Crippen molar-refractivity contribution in [2.24, 2.45) is 0 Å². The highest BCUT2D eigenvalue weighted by Crippen LogP contribution is 2.21. The number of hydrogen-bond donors (Lipinski definition) is 2. The van der Waals surface area contributed by atoms with Crippen molar-refractivity contribution >= 4 is 28.3 Å². The summed E-state index contributed by atoms with van der Waals surface area (Å²) in [5.41, 5.74) is 2.39. The van der Waals surface area contributed by atoms with Gasteiger partial charge in [-0.05, 0) is 41.8 Å². The molecular formula is C22H24ClN2O+. The number of rotatable bonds is 7. The van der Waals surface area contributed by atoms with Gasteiger partial charge < -0.3 is 10.6 Å². The summed E-state index contributed by atoms with van der Waals surface area (Å²) in [6.45, 7) is 3.18. The van der Waals surface area contributed by atoms with Crippen LogP contribution in [-0.4, -0.2) is 19.0 Å². The molecule has 4 heteroatoms. The van der Waals surface area contributed by atoms with Crippen molar-refractivity contribution in [2.75, 3.05) is 13.1 Å². The molecule has 1 atom stereocenters. The zero-order chi connectivity index (χ0) is 18.4. The Morgan fingerprint density at radius 3 is 2.69 bits per heavy atom. The molecule has 134 valence electrons. The number of carbonyl (C=O) groups is 1. The van der Waals surface area contributed by atoms with Crippen molar-refractivity contribution in [3.63, 3.8) is 0 Å². The summed E-state index contributed by atoms with van der Waals surface area (Å²) in [5, 5.41) is 8.27. The van der Waals surface area contributed by atoms with E-state index in [4.69, 9.17) is 11.6 Å². The van der Waals surface area contributed by atoms with Gasteiger partial charge in [0.2, 0.25) is 0 Å². The average molecular weight is 368 g/mol. The van der Waals surface area contributed by atoms with Crippen LogP contribution < -0.4 is 10.6 Å². The SMILES string of the molecule is C[C@@H]([NH2+]CC(=O)NCCc1cccc(Cl)c1)c1cccc2ccccc12. The lowest BCUT2D eigenvalue weighted by Gasteiger charge is -2.13. The van der Waals surface area contributed by atoms with Crippen molar-refractivity contribution in [1.82, 2.24) is 5.32 Å². The standard InChI is InChI=1S/C22H23ClN2O/c1-16(20-11-5-8-18-7-2-3-10-21(18)20)25-15-22(26)24-13-12-17-6-4-9-19(23)14-17/h2-11,14,16,25H,12-13,15H2,1H3,(H,24,26)/p+1/t16-/m1/s1. The molecule has 0 aliphatic heterocycles. The van der Waals surface area contributed by atoms with E-state index in [9.17, 15) is 4.79 Å². The summed E-state index contributed by atoms with van der Waals surface area (Å²) in [7, 11) is 0. The Morgan fingerprint density at radius 1 is 1.08 bits per heavy atom. The largest absolute Gasteiger partial charge is 0.351 e. The minimum Gasteiger partial charge on any atom is -0.351 e. The van der Waals surface area contributed by atoms with Gasteiger partial charge in [-0.1, -0.05) is 66.2 Å². The molecule has 3 aromatic carbocycles. The smallest absolute Gasteiger partial charge is 0.275 e. The summed E-state index contributed by atoms with van der Waals surface area (Å²) in [6.07, 6.45) is 0.783. The minimum absolute atomic E-state index is 0.0547. The molecule has 3 N–H and O–H groups in total. The number of hydrogen-bond acceptors (Lipinski definition) is 1. The highest BCUT2D eigenvalue weighted by Gasteiger charge is 2.13. The highest BCUT2D eigenvalue weighted by atomic mass is 35.5. The van der Waals surface area contributed by atoms with E-state index in [1.165, 1.54) is 16.3 Å². The van der Waals surface area contributed by atoms with E-state index in [-0.39, 0.29) is 11.9 Å². The molecule has 0 heterocycles. The van der Waals surface area contributed by atoms with Crippen molar-refractivity contribution in [2.45, 2.75) is 19.4 Å². The Labute approximate surface area is 159 Å². The molecule has 0 aliphatic rings. The summed E-state index contributed by atoms with van der Waals surface area (Å²) >= 11 is 5.98. The Kier molecular flexibility index (Phi) is 6.26. The van der Waals surface area contributed by atoms with Gasteiger partial charge >= 0.3 is 0 Å². The quantitative estimate of drug-likeness (QED) is 0.659. The normalized spacial score (nSPS) is 12.1. The van der Waals surface area contributed by atoms with E-state index in [0.717, 1.165) is 17.0 Å². The number of amides is 1. The molecule has 1 amide bonds. The Morgan fingerprint density at radius 2 is 1.85 bits per heavy atom. The molecule has 3 nitrogen and oxygen atoms in total. The lowest BCUT2D eigenvalue weighted by Crippen LogP contribution is -2.87. The summed E-state index contributed by atoms with van der Waals surface area (Å²) in [6, 6.07) is 22.7. The molecule has 0 bridgehead atoms. The zero-order valence-electron chi connectivity index (χ0n) is 14.9. The molecule has 0 aromatic heterocycles. The highest BCUT2D eigenvalue weighted by molar-refractivity contribution is 6.30. The third-order valence-corrected chi connectivity index (χ3v) is 4.83. The van der Waals surface area contributed by atoms with Gasteiger partial charge in [0.05, 0.1) is 0 Å². The van der Waals surface area contributed by atoms with Gasteiger partial charge in [-0.2, -0.15) is 0 Å². The van der Waals surface area contributed by atoms with Crippen LogP contribution in [0.2, 0.25) is 5.02 Å². The van der Waals surface area contributed by atoms with Crippen LogP contribution in [0.1, 0.15) is 24.1 Å². The first-order valence-corrected chi connectivity index (χ1v) is 9.33. The maximum Gasteiger partial charge on any atom is 0.275 e. The van der Waals surface area contributed by atoms with Gasteiger partial charge in [0, 0.05) is 17.1 Å². The Balaban J connectivity index is 1.49. The van der Waals surface area contributed by atoms with E-state index >= 15 is 0 Å². The number of nitrogens with two attached hydrogens (primary N) is 1. The van der Waals surface area contributed by atoms with Crippen molar-refractivity contribution in [3.8, 4) is 0 Å². The number of quaternary nitrogens is 1. The number of fused-ring (bicyclic) bond motifs is 1. The van der Waals surface area contributed by atoms with Crippen LogP contribution in [0.5, 0.6) is 0 Å². The van der Waals surface area contributed by atoms with E-state index in [1.807, 2.05) is 30.3 Å². The minimum atomic E-state index is 0.0547. The fraction of sp³-hybridized carbons (Fsp3) is 0.227. The lowest BCUT2D eigenvalue weighted by atomic mass is 10.00. The number of benzene rings is 3. The van der Waals surface area contributed by atoms with Crippen molar-refractivity contribution in [3.05, 3.63) is 82.9 Å². The van der Waals surface area contributed by atoms with Crippen LogP contribution in [-0.2, 0) is 11.2 Å². The lowest BCUT2D eigenvalue weighted by molar-refractivity contribution is -0.682. The number of nitrogens with one attached hydrogen (secondary N) is 1. The van der Waals surface area contributed by atoms with Gasteiger partial charge in [0.15, 0.2) is 6.54 Å². The molecular weight excluding hydrogens is 344 g/mol. The molecule has 0 unspecified atom stereocenters. The van der Waals surface area contributed by atoms with Gasteiger partial charge in [-0.3, -0.25) is 4.79 Å². The molecule has 3 aromatic rings. The molecule has 0 saturated heterocycles. The van der Waals surface area contributed by atoms with E-state index in [1.54, 1.807) is 0 Å². The monoisotopic (exact) mass is 367 g/mol. The van der Waals surface area contributed by atoms with E-state index in [0.29, 0.717) is 13.1 Å². The van der Waals surface area contributed by atoms with Crippen LogP contribution in [0.15, 0.2) is 66.7 Å². The van der Waals surface area contributed by atoms with Crippen molar-refractivity contribution < 1.29 is 10.1 Å². The second-order valence-electron chi connectivity index (χ2n) is 6.53. The van der Waals surface area contributed by atoms with Gasteiger partial charge in [-0.25, -0.2) is 0 Å². The molecule has 0 radical (unpaired) electrons. The predicted molar refractivity (Wildman–Crippen MR) is 107 cm³/mol. The van der Waals surface area contributed by atoms with E-state index in [2.05, 4.69) is 54.0 Å². The second-order valence-corrected chi connectivity index (χ2v) is 6.96. The fourth-order valence-corrected chi connectivity index (χ4v) is 3.38. The van der Waals surface area contributed by atoms with Crippen LogP contribution >= 0.6 is 11.6 Å². The molecule has 3 rings (SSSR count). The third-order valence-electron chi connectivity index (χ3n) is 4.60. The van der Waals surface area contributed by atoms with Crippen LogP contribution in [0.3, 0.4) is 0 Å².